The molecule has 7 nitrogen and oxygen atoms in total. The Balaban J connectivity index is 0.00000161. The lowest BCUT2D eigenvalue weighted by molar-refractivity contribution is -0.191. The summed E-state index contributed by atoms with van der Waals surface area (Å²) in [4.78, 5) is 40.3. The number of rotatable bonds is 11. The van der Waals surface area contributed by atoms with Gasteiger partial charge in [-0.25, -0.2) is 4.79 Å². The van der Waals surface area contributed by atoms with Gasteiger partial charge in [-0.15, -0.1) is 11.8 Å². The van der Waals surface area contributed by atoms with E-state index in [0.29, 0.717) is 12.0 Å². The van der Waals surface area contributed by atoms with Crippen molar-refractivity contribution in [2.75, 3.05) is 5.75 Å². The van der Waals surface area contributed by atoms with Crippen molar-refractivity contribution in [1.82, 2.24) is 5.32 Å². The summed E-state index contributed by atoms with van der Waals surface area (Å²) >= 11 is 1.72. The van der Waals surface area contributed by atoms with Gasteiger partial charge in [0, 0.05) is 17.2 Å². The SMILES string of the molecule is CCSC(c1ccc(C(C)=O)cc1)c1cc(CC(CC)NC(=O)OCc2ccccc2)ccc1O.O=C=O. The van der Waals surface area contributed by atoms with Gasteiger partial charge in [0.25, 0.3) is 0 Å². The number of alkyl carbamates (subject to hydrolysis) is 1. The third kappa shape index (κ3) is 9.54. The lowest BCUT2D eigenvalue weighted by atomic mass is 9.96. The molecule has 1 amide bonds. The van der Waals surface area contributed by atoms with Crippen LogP contribution >= 0.6 is 11.8 Å². The van der Waals surface area contributed by atoms with Gasteiger partial charge in [-0.1, -0.05) is 80.6 Å². The molecule has 0 aromatic heterocycles. The van der Waals surface area contributed by atoms with Crippen molar-refractivity contribution in [2.24, 2.45) is 0 Å². The molecule has 2 N–H and O–H groups in total. The zero-order valence-corrected chi connectivity index (χ0v) is 22.6. The number of phenols is 1. The van der Waals surface area contributed by atoms with E-state index in [0.717, 1.165) is 34.4 Å². The van der Waals surface area contributed by atoms with Crippen molar-refractivity contribution in [3.8, 4) is 5.75 Å². The monoisotopic (exact) mass is 535 g/mol. The van der Waals surface area contributed by atoms with Gasteiger partial charge >= 0.3 is 12.2 Å². The van der Waals surface area contributed by atoms with Crippen molar-refractivity contribution in [2.45, 2.75) is 51.5 Å². The van der Waals surface area contributed by atoms with Crippen molar-refractivity contribution < 1.29 is 29.0 Å². The average Bonchev–Trinajstić information content (AvgIpc) is 2.92. The number of Topliss-reactive ketones (excluding diaryl/α,β-unsaturated/α-hetero) is 1. The van der Waals surface area contributed by atoms with Crippen LogP contribution in [0.5, 0.6) is 5.75 Å². The first-order valence-electron chi connectivity index (χ1n) is 12.3. The fraction of sp³-hybridized carbons (Fsp3) is 0.300. The lowest BCUT2D eigenvalue weighted by Crippen LogP contribution is -2.36. The molecule has 3 rings (SSSR count). The van der Waals surface area contributed by atoms with Gasteiger partial charge in [0.1, 0.15) is 12.4 Å². The minimum absolute atomic E-state index is 0.0292. The smallest absolute Gasteiger partial charge is 0.407 e. The predicted molar refractivity (Wildman–Crippen MR) is 147 cm³/mol. The second-order valence-electron chi connectivity index (χ2n) is 8.51. The van der Waals surface area contributed by atoms with E-state index in [2.05, 4.69) is 12.2 Å². The minimum atomic E-state index is -0.440. The Morgan fingerprint density at radius 3 is 2.21 bits per heavy atom. The number of nitrogens with one attached hydrogen (secondary N) is 1. The number of hydrogen-bond donors (Lipinski definition) is 2. The van der Waals surface area contributed by atoms with Crippen molar-refractivity contribution in [1.29, 1.82) is 0 Å². The molecule has 3 aromatic rings. The van der Waals surface area contributed by atoms with Crippen LogP contribution in [0.4, 0.5) is 4.79 Å². The highest BCUT2D eigenvalue weighted by molar-refractivity contribution is 7.99. The standard InChI is InChI=1S/C29H33NO4S.CO2/c1-4-25(30-29(33)34-19-21-9-7-6-8-10-21)17-22-11-16-27(32)26(18-22)28(35-5-2)24-14-12-23(13-15-24)20(3)31;2-1-3/h6-16,18,25,28,32H,4-5,17,19H2,1-3H3,(H,30,33);. The molecule has 0 aliphatic rings. The van der Waals surface area contributed by atoms with Crippen LogP contribution in [0.15, 0.2) is 72.8 Å². The van der Waals surface area contributed by atoms with Crippen molar-refractivity contribution >= 4 is 29.8 Å². The number of amides is 1. The summed E-state index contributed by atoms with van der Waals surface area (Å²) in [6.07, 6.45) is 1.18. The molecular weight excluding hydrogens is 502 g/mol. The Morgan fingerprint density at radius 1 is 0.974 bits per heavy atom. The number of carbonyl (C=O) groups excluding carboxylic acids is 4. The lowest BCUT2D eigenvalue weighted by Gasteiger charge is -2.21. The van der Waals surface area contributed by atoms with Crippen LogP contribution in [0.2, 0.25) is 0 Å². The molecule has 2 unspecified atom stereocenters. The Morgan fingerprint density at radius 2 is 1.63 bits per heavy atom. The van der Waals surface area contributed by atoms with Crippen LogP contribution in [0.3, 0.4) is 0 Å². The van der Waals surface area contributed by atoms with Crippen molar-refractivity contribution in [3.05, 3.63) is 101 Å². The third-order valence-electron chi connectivity index (χ3n) is 5.84. The van der Waals surface area contributed by atoms with Crippen molar-refractivity contribution in [3.63, 3.8) is 0 Å². The first kappa shape index (κ1) is 30.4. The second kappa shape index (κ2) is 16.1. The maximum Gasteiger partial charge on any atom is 0.407 e. The molecule has 0 saturated heterocycles. The molecule has 0 spiro atoms. The summed E-state index contributed by atoms with van der Waals surface area (Å²) < 4.78 is 5.38. The van der Waals surface area contributed by atoms with E-state index in [1.807, 2.05) is 73.7 Å². The van der Waals surface area contributed by atoms with Gasteiger partial charge in [0.15, 0.2) is 5.78 Å². The van der Waals surface area contributed by atoms with E-state index in [1.54, 1.807) is 24.8 Å². The number of ketones is 1. The van der Waals surface area contributed by atoms with E-state index in [1.165, 1.54) is 0 Å². The fourth-order valence-corrected chi connectivity index (χ4v) is 4.93. The molecule has 0 aliphatic carbocycles. The molecule has 0 saturated carbocycles. The van der Waals surface area contributed by atoms with Crippen LogP contribution in [-0.2, 0) is 27.4 Å². The Bertz CT molecular complexity index is 1210. The molecule has 8 heteroatoms. The molecule has 0 fully saturated rings. The maximum atomic E-state index is 12.4. The van der Waals surface area contributed by atoms with E-state index < -0.39 is 6.09 Å². The second-order valence-corrected chi connectivity index (χ2v) is 9.89. The number of thioether (sulfide) groups is 1. The van der Waals surface area contributed by atoms with Crippen LogP contribution in [0.1, 0.15) is 65.1 Å². The quantitative estimate of drug-likeness (QED) is 0.285. The summed E-state index contributed by atoms with van der Waals surface area (Å²) in [6.45, 7) is 5.89. The molecule has 200 valence electrons. The van der Waals surface area contributed by atoms with E-state index in [4.69, 9.17) is 14.3 Å². The fourth-order valence-electron chi connectivity index (χ4n) is 3.88. The van der Waals surface area contributed by atoms with Crippen LogP contribution in [0, 0.1) is 0 Å². The normalized spacial score (nSPS) is 11.8. The summed E-state index contributed by atoms with van der Waals surface area (Å²) in [5, 5.41) is 13.6. The van der Waals surface area contributed by atoms with Gasteiger partial charge in [-0.05, 0) is 48.3 Å². The third-order valence-corrected chi connectivity index (χ3v) is 7.03. The topological polar surface area (TPSA) is 110 Å². The Labute approximate surface area is 227 Å². The molecule has 3 aromatic carbocycles. The molecule has 38 heavy (non-hydrogen) atoms. The molecule has 0 bridgehead atoms. The highest BCUT2D eigenvalue weighted by Crippen LogP contribution is 2.40. The molecular formula is C30H33NO6S. The molecule has 0 heterocycles. The van der Waals surface area contributed by atoms with Gasteiger partial charge in [-0.2, -0.15) is 9.59 Å². The zero-order valence-electron chi connectivity index (χ0n) is 21.8. The summed E-state index contributed by atoms with van der Waals surface area (Å²) in [6, 6.07) is 22.7. The molecule has 0 radical (unpaired) electrons. The number of phenolic OH excluding ortho intramolecular Hbond substituents is 1. The average molecular weight is 536 g/mol. The Hall–Kier alpha value is -3.87. The highest BCUT2D eigenvalue weighted by atomic mass is 32.2. The van der Waals surface area contributed by atoms with Gasteiger partial charge < -0.3 is 15.2 Å². The number of ether oxygens (including phenoxy) is 1. The largest absolute Gasteiger partial charge is 0.508 e. The van der Waals surface area contributed by atoms with Crippen LogP contribution in [-0.4, -0.2) is 34.9 Å². The van der Waals surface area contributed by atoms with Gasteiger partial charge in [0.2, 0.25) is 0 Å². The number of benzene rings is 3. The number of hydrogen-bond acceptors (Lipinski definition) is 7. The Kier molecular flexibility index (Phi) is 12.8. The summed E-state index contributed by atoms with van der Waals surface area (Å²) in [5.74, 6) is 1.13. The van der Waals surface area contributed by atoms with Crippen LogP contribution < -0.4 is 5.32 Å². The van der Waals surface area contributed by atoms with E-state index in [9.17, 15) is 14.7 Å². The summed E-state index contributed by atoms with van der Waals surface area (Å²) in [5.41, 5.74) is 4.49. The first-order valence-corrected chi connectivity index (χ1v) is 13.4. The minimum Gasteiger partial charge on any atom is -0.508 e. The van der Waals surface area contributed by atoms with E-state index in [-0.39, 0.29) is 35.6 Å². The van der Waals surface area contributed by atoms with Gasteiger partial charge in [0.05, 0.1) is 5.25 Å². The predicted octanol–water partition coefficient (Wildman–Crippen LogP) is 6.10. The number of carbonyl (C=O) groups is 2. The highest BCUT2D eigenvalue weighted by Gasteiger charge is 2.20. The summed E-state index contributed by atoms with van der Waals surface area (Å²) in [7, 11) is 0. The zero-order chi connectivity index (χ0) is 27.9. The maximum absolute atomic E-state index is 12.4. The number of aromatic hydroxyl groups is 1. The van der Waals surface area contributed by atoms with Gasteiger partial charge in [-0.3, -0.25) is 4.79 Å². The molecule has 2 atom stereocenters. The first-order chi connectivity index (χ1) is 18.3. The molecule has 0 aliphatic heterocycles. The van der Waals surface area contributed by atoms with Crippen LogP contribution in [0.25, 0.3) is 0 Å². The van der Waals surface area contributed by atoms with E-state index >= 15 is 0 Å².